The summed E-state index contributed by atoms with van der Waals surface area (Å²) in [5, 5.41) is 21.3. The van der Waals surface area contributed by atoms with Crippen LogP contribution in [0.25, 0.3) is 5.78 Å². The zero-order chi connectivity index (χ0) is 17.7. The number of tetrazole rings is 1. The Kier molecular flexibility index (Phi) is 3.89. The summed E-state index contributed by atoms with van der Waals surface area (Å²) < 4.78 is 1.50. The van der Waals surface area contributed by atoms with Gasteiger partial charge in [-0.05, 0) is 29.0 Å². The topological polar surface area (TPSA) is 140 Å². The van der Waals surface area contributed by atoms with E-state index in [1.54, 1.807) is 0 Å². The number of nitrogens with two attached hydrogens (primary N) is 1. The van der Waals surface area contributed by atoms with E-state index in [-0.39, 0.29) is 17.0 Å². The number of aliphatic carboxylic acids is 1. The van der Waals surface area contributed by atoms with Crippen LogP contribution in [0.4, 0.5) is 0 Å². The van der Waals surface area contributed by atoms with Crippen LogP contribution >= 0.6 is 23.5 Å². The number of amides is 1. The third-order valence-corrected chi connectivity index (χ3v) is 6.40. The lowest BCUT2D eigenvalue weighted by molar-refractivity contribution is -0.147. The molecule has 0 saturated carbocycles. The molecule has 1 saturated heterocycles. The molecule has 0 radical (unpaired) electrons. The zero-order valence-electron chi connectivity index (χ0n) is 13.0. The van der Waals surface area contributed by atoms with Crippen LogP contribution in [-0.4, -0.2) is 69.8 Å². The van der Waals surface area contributed by atoms with E-state index in [4.69, 9.17) is 5.73 Å². The number of fused-ring (bicyclic) bond motifs is 2. The van der Waals surface area contributed by atoms with Crippen LogP contribution in [0, 0.1) is 6.92 Å². The number of thioether (sulfide) groups is 2. The molecule has 0 spiro atoms. The van der Waals surface area contributed by atoms with Crippen molar-refractivity contribution in [2.24, 2.45) is 5.73 Å². The van der Waals surface area contributed by atoms with Gasteiger partial charge in [-0.2, -0.15) is 4.52 Å². The van der Waals surface area contributed by atoms with Crippen molar-refractivity contribution in [1.29, 1.82) is 0 Å². The van der Waals surface area contributed by atoms with Crippen molar-refractivity contribution in [3.05, 3.63) is 23.0 Å². The zero-order valence-corrected chi connectivity index (χ0v) is 14.6. The highest BCUT2D eigenvalue weighted by atomic mass is 32.2. The fourth-order valence-corrected chi connectivity index (χ4v) is 5.26. The molecule has 4 rings (SSSR count). The van der Waals surface area contributed by atoms with Gasteiger partial charge in [-0.1, -0.05) is 5.10 Å². The lowest BCUT2D eigenvalue weighted by Crippen LogP contribution is -2.68. The number of β-lactam (4-membered cyclic amide) rings is 1. The number of aromatic nitrogens is 5. The highest BCUT2D eigenvalue weighted by Gasteiger charge is 2.51. The molecule has 2 aromatic heterocycles. The molecular weight excluding hydrogens is 366 g/mol. The second kappa shape index (κ2) is 5.97. The second-order valence-corrected chi connectivity index (χ2v) is 7.71. The molecule has 12 heteroatoms. The maximum Gasteiger partial charge on any atom is 0.352 e. The standard InChI is InChI=1S/C13H13N7O3S2/c1-5-2-7(20-13(15-5)16-17-18-20)24-3-6-4-25-11-8(14)10(21)19(11)9(6)12(22)23/h2,8,11H,3-4,14H2,1H3,(H,22,23)/t8?,11-/m0/s1. The first-order valence-corrected chi connectivity index (χ1v) is 9.35. The van der Waals surface area contributed by atoms with Gasteiger partial charge >= 0.3 is 5.97 Å². The van der Waals surface area contributed by atoms with E-state index >= 15 is 0 Å². The predicted molar refractivity (Wildman–Crippen MR) is 89.8 cm³/mol. The number of aryl methyl sites for hydroxylation is 1. The average molecular weight is 379 g/mol. The first-order chi connectivity index (χ1) is 12.0. The molecule has 1 unspecified atom stereocenters. The monoisotopic (exact) mass is 379 g/mol. The SMILES string of the molecule is Cc1cc(SCC2=C(C(=O)O)N3C(=O)C(N)[C@@H]3SC2)n2nnnc2n1. The summed E-state index contributed by atoms with van der Waals surface area (Å²) in [5.41, 5.74) is 7.23. The third-order valence-electron chi connectivity index (χ3n) is 3.96. The van der Waals surface area contributed by atoms with Gasteiger partial charge in [0, 0.05) is 17.2 Å². The summed E-state index contributed by atoms with van der Waals surface area (Å²) >= 11 is 2.89. The van der Waals surface area contributed by atoms with Crippen LogP contribution in [-0.2, 0) is 9.59 Å². The van der Waals surface area contributed by atoms with Gasteiger partial charge < -0.3 is 10.8 Å². The molecule has 3 N–H and O–H groups in total. The molecule has 1 fully saturated rings. The molecule has 25 heavy (non-hydrogen) atoms. The average Bonchev–Trinajstić information content (AvgIpc) is 3.06. The van der Waals surface area contributed by atoms with Crippen molar-refractivity contribution >= 4 is 41.2 Å². The Labute approximate surface area is 149 Å². The molecular formula is C13H13N7O3S2. The van der Waals surface area contributed by atoms with Crippen LogP contribution in [0.2, 0.25) is 0 Å². The van der Waals surface area contributed by atoms with Crippen LogP contribution in [0.15, 0.2) is 22.4 Å². The summed E-state index contributed by atoms with van der Waals surface area (Å²) in [6.45, 7) is 1.84. The van der Waals surface area contributed by atoms with Gasteiger partial charge in [-0.15, -0.1) is 23.5 Å². The Morgan fingerprint density at radius 3 is 3.12 bits per heavy atom. The lowest BCUT2D eigenvalue weighted by atomic mass is 10.0. The summed E-state index contributed by atoms with van der Waals surface area (Å²) in [6, 6.07) is 1.20. The molecule has 2 aliphatic rings. The van der Waals surface area contributed by atoms with Crippen molar-refractivity contribution in [3.63, 3.8) is 0 Å². The largest absolute Gasteiger partial charge is 0.477 e. The highest BCUT2D eigenvalue weighted by molar-refractivity contribution is 8.01. The molecule has 0 bridgehead atoms. The highest BCUT2D eigenvalue weighted by Crippen LogP contribution is 2.40. The van der Waals surface area contributed by atoms with E-state index in [0.717, 1.165) is 10.7 Å². The van der Waals surface area contributed by atoms with E-state index in [2.05, 4.69) is 20.5 Å². The number of carbonyl (C=O) groups excluding carboxylic acids is 1. The summed E-state index contributed by atoms with van der Waals surface area (Å²) in [6.07, 6.45) is 0. The Morgan fingerprint density at radius 1 is 1.56 bits per heavy atom. The second-order valence-electron chi connectivity index (χ2n) is 5.61. The predicted octanol–water partition coefficient (Wildman–Crippen LogP) is -0.499. The van der Waals surface area contributed by atoms with Crippen LogP contribution in [0.5, 0.6) is 0 Å². The molecule has 2 aliphatic heterocycles. The Morgan fingerprint density at radius 2 is 2.36 bits per heavy atom. The number of carboxylic acid groups (broad SMARTS) is 1. The number of hydrogen-bond acceptors (Lipinski definition) is 9. The first kappa shape index (κ1) is 16.3. The molecule has 10 nitrogen and oxygen atoms in total. The number of hydrogen-bond donors (Lipinski definition) is 2. The van der Waals surface area contributed by atoms with Gasteiger partial charge in [-0.3, -0.25) is 9.69 Å². The van der Waals surface area contributed by atoms with Crippen molar-refractivity contribution in [2.45, 2.75) is 23.4 Å². The van der Waals surface area contributed by atoms with E-state index in [1.165, 1.54) is 32.9 Å². The summed E-state index contributed by atoms with van der Waals surface area (Å²) in [7, 11) is 0. The molecule has 0 aromatic carbocycles. The minimum atomic E-state index is -1.11. The fraction of sp³-hybridized carbons (Fsp3) is 0.385. The van der Waals surface area contributed by atoms with Gasteiger partial charge in [0.1, 0.15) is 22.1 Å². The normalized spacial score (nSPS) is 23.0. The van der Waals surface area contributed by atoms with Crippen LogP contribution in [0.1, 0.15) is 5.69 Å². The molecule has 0 aliphatic carbocycles. The first-order valence-electron chi connectivity index (χ1n) is 7.31. The molecule has 1 amide bonds. The van der Waals surface area contributed by atoms with Crippen molar-refractivity contribution in [2.75, 3.05) is 11.5 Å². The number of nitrogens with zero attached hydrogens (tertiary/aromatic N) is 6. The molecule has 130 valence electrons. The fourth-order valence-electron chi connectivity index (χ4n) is 2.78. The smallest absolute Gasteiger partial charge is 0.352 e. The van der Waals surface area contributed by atoms with Gasteiger partial charge in [-0.25, -0.2) is 9.78 Å². The van der Waals surface area contributed by atoms with Crippen LogP contribution in [0.3, 0.4) is 0 Å². The van der Waals surface area contributed by atoms with Crippen molar-refractivity contribution in [3.8, 4) is 0 Å². The van der Waals surface area contributed by atoms with E-state index in [0.29, 0.717) is 22.9 Å². The minimum absolute atomic E-state index is 0.0432. The Bertz CT molecular complexity index is 927. The van der Waals surface area contributed by atoms with Gasteiger partial charge in [0.25, 0.3) is 5.78 Å². The number of carboxylic acids is 1. The Hall–Kier alpha value is -2.18. The van der Waals surface area contributed by atoms with Gasteiger partial charge in [0.15, 0.2) is 0 Å². The van der Waals surface area contributed by atoms with Gasteiger partial charge in [0.2, 0.25) is 5.91 Å². The van der Waals surface area contributed by atoms with E-state index in [1.807, 2.05) is 13.0 Å². The van der Waals surface area contributed by atoms with Crippen LogP contribution < -0.4 is 5.73 Å². The van der Waals surface area contributed by atoms with E-state index < -0.39 is 12.0 Å². The lowest BCUT2D eigenvalue weighted by Gasteiger charge is -2.48. The maximum atomic E-state index is 12.0. The molecule has 4 heterocycles. The maximum absolute atomic E-state index is 12.0. The minimum Gasteiger partial charge on any atom is -0.477 e. The number of carbonyl (C=O) groups is 2. The van der Waals surface area contributed by atoms with Gasteiger partial charge in [0.05, 0.1) is 0 Å². The third kappa shape index (κ3) is 2.56. The van der Waals surface area contributed by atoms with Crippen molar-refractivity contribution < 1.29 is 14.7 Å². The summed E-state index contributed by atoms with van der Waals surface area (Å²) in [5.74, 6) is -0.158. The quantitative estimate of drug-likeness (QED) is 0.406. The number of rotatable bonds is 4. The Balaban J connectivity index is 1.63. The summed E-state index contributed by atoms with van der Waals surface area (Å²) in [4.78, 5) is 29.2. The molecule has 2 aromatic rings. The van der Waals surface area contributed by atoms with Crippen molar-refractivity contribution in [1.82, 2.24) is 29.9 Å². The molecule has 2 atom stereocenters. The van der Waals surface area contributed by atoms with E-state index in [9.17, 15) is 14.7 Å².